The maximum atomic E-state index is 13.5. The van der Waals surface area contributed by atoms with Crippen LogP contribution in [0.25, 0.3) is 6.08 Å². The van der Waals surface area contributed by atoms with Crippen LogP contribution >= 0.6 is 12.2 Å². The molecule has 3 aromatic carbocycles. The largest absolute Gasteiger partial charge is 0.493 e. The number of carboxylic acid groups (broad SMARTS) is 1. The number of para-hydroxylation sites is 1. The molecule has 2 N–H and O–H groups in total. The van der Waals surface area contributed by atoms with Crippen molar-refractivity contribution in [2.75, 3.05) is 12.0 Å². The van der Waals surface area contributed by atoms with Gasteiger partial charge in [-0.15, -0.1) is 0 Å². The van der Waals surface area contributed by atoms with E-state index in [2.05, 4.69) is 5.32 Å². The summed E-state index contributed by atoms with van der Waals surface area (Å²) in [7, 11) is 1.49. The molecule has 0 spiro atoms. The number of amides is 2. The van der Waals surface area contributed by atoms with Gasteiger partial charge in [0.25, 0.3) is 11.8 Å². The standard InChI is InChI=1S/C28H24N2O6S/c1-16-7-12-22(17(2)13-16)30-26(32)21(25(31)29-28(30)37)14-20-5-4-6-23(35-3)24(20)36-15-18-8-10-19(11-9-18)27(33)34/h4-14H,15H2,1-3H3,(H,33,34)(H,29,31,37)/b21-14+. The number of ether oxygens (including phenoxy) is 2. The van der Waals surface area contributed by atoms with E-state index >= 15 is 0 Å². The average molecular weight is 517 g/mol. The molecule has 4 rings (SSSR count). The number of anilines is 1. The molecule has 8 nitrogen and oxygen atoms in total. The first kappa shape index (κ1) is 25.6. The summed E-state index contributed by atoms with van der Waals surface area (Å²) in [5.74, 6) is -1.46. The van der Waals surface area contributed by atoms with Crippen LogP contribution in [0.4, 0.5) is 5.69 Å². The Morgan fingerprint density at radius 1 is 1.08 bits per heavy atom. The lowest BCUT2D eigenvalue weighted by Crippen LogP contribution is -2.54. The Kier molecular flexibility index (Phi) is 7.35. The number of aromatic carboxylic acids is 1. The third-order valence-corrected chi connectivity index (χ3v) is 6.09. The van der Waals surface area contributed by atoms with Crippen molar-refractivity contribution in [1.29, 1.82) is 0 Å². The Morgan fingerprint density at radius 3 is 2.46 bits per heavy atom. The van der Waals surface area contributed by atoms with Crippen LogP contribution < -0.4 is 19.7 Å². The highest BCUT2D eigenvalue weighted by Crippen LogP contribution is 2.34. The van der Waals surface area contributed by atoms with E-state index in [1.807, 2.05) is 26.0 Å². The number of methoxy groups -OCH3 is 1. The summed E-state index contributed by atoms with van der Waals surface area (Å²) in [6.45, 7) is 3.93. The average Bonchev–Trinajstić information content (AvgIpc) is 2.86. The second kappa shape index (κ2) is 10.6. The number of rotatable bonds is 7. The van der Waals surface area contributed by atoms with Gasteiger partial charge in [-0.05, 0) is 67.5 Å². The van der Waals surface area contributed by atoms with Crippen LogP contribution in [0.3, 0.4) is 0 Å². The van der Waals surface area contributed by atoms with Gasteiger partial charge in [0.05, 0.1) is 18.4 Å². The maximum Gasteiger partial charge on any atom is 0.335 e. The SMILES string of the molecule is COc1cccc(/C=C2\C(=O)NC(=S)N(c3ccc(C)cc3C)C2=O)c1OCc1ccc(C(=O)O)cc1. The van der Waals surface area contributed by atoms with Crippen molar-refractivity contribution < 1.29 is 29.0 Å². The van der Waals surface area contributed by atoms with Crippen LogP contribution in [-0.4, -0.2) is 35.1 Å². The molecule has 1 heterocycles. The number of nitrogens with one attached hydrogen (secondary N) is 1. The van der Waals surface area contributed by atoms with Crippen molar-refractivity contribution in [2.24, 2.45) is 0 Å². The predicted octanol–water partition coefficient (Wildman–Crippen LogP) is 4.42. The van der Waals surface area contributed by atoms with E-state index in [4.69, 9.17) is 26.8 Å². The number of nitrogens with zero attached hydrogens (tertiary/aromatic N) is 1. The van der Waals surface area contributed by atoms with Crippen molar-refractivity contribution in [3.05, 3.63) is 94.1 Å². The van der Waals surface area contributed by atoms with Gasteiger partial charge in [0, 0.05) is 5.56 Å². The molecule has 0 saturated carbocycles. The first-order valence-electron chi connectivity index (χ1n) is 11.3. The van der Waals surface area contributed by atoms with Crippen LogP contribution in [0, 0.1) is 13.8 Å². The molecule has 0 atom stereocenters. The molecule has 0 unspecified atom stereocenters. The van der Waals surface area contributed by atoms with E-state index in [0.717, 1.165) is 16.7 Å². The third-order valence-electron chi connectivity index (χ3n) is 5.81. The van der Waals surface area contributed by atoms with E-state index in [0.29, 0.717) is 22.7 Å². The summed E-state index contributed by atoms with van der Waals surface area (Å²) < 4.78 is 11.5. The lowest BCUT2D eigenvalue weighted by atomic mass is 10.0. The first-order valence-corrected chi connectivity index (χ1v) is 11.7. The second-order valence-electron chi connectivity index (χ2n) is 8.42. The lowest BCUT2D eigenvalue weighted by molar-refractivity contribution is -0.122. The number of carbonyl (C=O) groups excluding carboxylic acids is 2. The van der Waals surface area contributed by atoms with Gasteiger partial charge in [-0.3, -0.25) is 19.8 Å². The fraction of sp³-hybridized carbons (Fsp3) is 0.143. The number of hydrogen-bond donors (Lipinski definition) is 2. The van der Waals surface area contributed by atoms with Crippen molar-refractivity contribution in [1.82, 2.24) is 5.32 Å². The third kappa shape index (κ3) is 5.36. The Hall–Kier alpha value is -4.50. The molecule has 1 aliphatic rings. The van der Waals surface area contributed by atoms with Crippen LogP contribution in [0.5, 0.6) is 11.5 Å². The van der Waals surface area contributed by atoms with Gasteiger partial charge in [-0.2, -0.15) is 0 Å². The molecule has 2 amide bonds. The zero-order chi connectivity index (χ0) is 26.7. The number of aryl methyl sites for hydroxylation is 2. The maximum absolute atomic E-state index is 13.5. The Labute approximate surface area is 219 Å². The highest BCUT2D eigenvalue weighted by atomic mass is 32.1. The van der Waals surface area contributed by atoms with E-state index in [9.17, 15) is 14.4 Å². The zero-order valence-electron chi connectivity index (χ0n) is 20.4. The van der Waals surface area contributed by atoms with Gasteiger partial charge >= 0.3 is 5.97 Å². The minimum atomic E-state index is -1.02. The summed E-state index contributed by atoms with van der Waals surface area (Å²) in [5, 5.41) is 11.7. The number of hydrogen-bond acceptors (Lipinski definition) is 6. The van der Waals surface area contributed by atoms with Gasteiger partial charge in [0.2, 0.25) is 0 Å². The minimum Gasteiger partial charge on any atom is -0.493 e. The number of benzene rings is 3. The van der Waals surface area contributed by atoms with Gasteiger partial charge < -0.3 is 14.6 Å². The van der Waals surface area contributed by atoms with Crippen LogP contribution in [0.2, 0.25) is 0 Å². The molecule has 37 heavy (non-hydrogen) atoms. The lowest BCUT2D eigenvalue weighted by Gasteiger charge is -2.30. The summed E-state index contributed by atoms with van der Waals surface area (Å²) in [5.41, 5.74) is 3.69. The van der Waals surface area contributed by atoms with Crippen molar-refractivity contribution in [3.63, 3.8) is 0 Å². The van der Waals surface area contributed by atoms with Crippen molar-refractivity contribution >= 4 is 46.9 Å². The van der Waals surface area contributed by atoms with Crippen LogP contribution in [0.1, 0.15) is 32.6 Å². The highest BCUT2D eigenvalue weighted by molar-refractivity contribution is 7.80. The highest BCUT2D eigenvalue weighted by Gasteiger charge is 2.35. The summed E-state index contributed by atoms with van der Waals surface area (Å²) in [6, 6.07) is 17.0. The molecule has 1 fully saturated rings. The predicted molar refractivity (Wildman–Crippen MR) is 143 cm³/mol. The minimum absolute atomic E-state index is 0.00558. The number of thiocarbonyl (C=S) groups is 1. The number of carboxylic acids is 1. The molecule has 9 heteroatoms. The first-order chi connectivity index (χ1) is 17.7. The summed E-state index contributed by atoms with van der Waals surface area (Å²) in [6.07, 6.45) is 1.45. The topological polar surface area (TPSA) is 105 Å². The molecular formula is C28H24N2O6S. The fourth-order valence-corrected chi connectivity index (χ4v) is 4.22. The molecule has 0 aliphatic carbocycles. The summed E-state index contributed by atoms with van der Waals surface area (Å²) in [4.78, 5) is 38.8. The Balaban J connectivity index is 1.69. The smallest absolute Gasteiger partial charge is 0.335 e. The van der Waals surface area contributed by atoms with Gasteiger partial charge in [0.1, 0.15) is 12.2 Å². The fourth-order valence-electron chi connectivity index (χ4n) is 3.95. The van der Waals surface area contributed by atoms with Crippen LogP contribution in [-0.2, 0) is 16.2 Å². The second-order valence-corrected chi connectivity index (χ2v) is 8.80. The number of carbonyl (C=O) groups is 3. The molecule has 1 aliphatic heterocycles. The molecule has 1 saturated heterocycles. The monoisotopic (exact) mass is 516 g/mol. The molecule has 0 radical (unpaired) electrons. The van der Waals surface area contributed by atoms with E-state index in [1.54, 1.807) is 36.4 Å². The quantitative estimate of drug-likeness (QED) is 0.272. The molecular weight excluding hydrogens is 492 g/mol. The Morgan fingerprint density at radius 2 is 1.81 bits per heavy atom. The van der Waals surface area contributed by atoms with E-state index in [1.165, 1.54) is 30.2 Å². The van der Waals surface area contributed by atoms with Gasteiger partial charge in [-0.25, -0.2) is 4.79 Å². The van der Waals surface area contributed by atoms with E-state index in [-0.39, 0.29) is 22.9 Å². The molecule has 0 aromatic heterocycles. The molecule has 188 valence electrons. The van der Waals surface area contributed by atoms with Gasteiger partial charge in [0.15, 0.2) is 16.6 Å². The Bertz CT molecular complexity index is 1450. The zero-order valence-corrected chi connectivity index (χ0v) is 21.2. The van der Waals surface area contributed by atoms with Gasteiger partial charge in [-0.1, -0.05) is 42.0 Å². The normalized spacial score (nSPS) is 14.5. The molecule has 0 bridgehead atoms. The van der Waals surface area contributed by atoms with Crippen molar-refractivity contribution in [2.45, 2.75) is 20.5 Å². The molecule has 3 aromatic rings. The van der Waals surface area contributed by atoms with Crippen LogP contribution in [0.15, 0.2) is 66.2 Å². The van der Waals surface area contributed by atoms with E-state index < -0.39 is 17.8 Å². The van der Waals surface area contributed by atoms with Crippen molar-refractivity contribution in [3.8, 4) is 11.5 Å². The summed E-state index contributed by atoms with van der Waals surface area (Å²) >= 11 is 5.32.